The van der Waals surface area contributed by atoms with Crippen molar-refractivity contribution in [1.82, 2.24) is 4.90 Å². The summed E-state index contributed by atoms with van der Waals surface area (Å²) in [7, 11) is 0. The third-order valence-electron chi connectivity index (χ3n) is 2.98. The highest BCUT2D eigenvalue weighted by molar-refractivity contribution is 7.99. The van der Waals surface area contributed by atoms with Crippen molar-refractivity contribution in [2.24, 2.45) is 4.58 Å². The van der Waals surface area contributed by atoms with Gasteiger partial charge in [0, 0.05) is 36.0 Å². The third kappa shape index (κ3) is 6.71. The molecule has 0 fully saturated rings. The van der Waals surface area contributed by atoms with Gasteiger partial charge >= 0.3 is 5.97 Å². The van der Waals surface area contributed by atoms with Crippen molar-refractivity contribution in [1.29, 1.82) is 0 Å². The lowest BCUT2D eigenvalue weighted by Gasteiger charge is -2.30. The van der Waals surface area contributed by atoms with Crippen LogP contribution in [0.25, 0.3) is 0 Å². The Morgan fingerprint density at radius 3 is 2.41 bits per heavy atom. The summed E-state index contributed by atoms with van der Waals surface area (Å²) in [6, 6.07) is 9.44. The van der Waals surface area contributed by atoms with E-state index in [1.807, 2.05) is 44.2 Å². The maximum absolute atomic E-state index is 12.3. The van der Waals surface area contributed by atoms with E-state index in [0.29, 0.717) is 13.1 Å². The van der Waals surface area contributed by atoms with Gasteiger partial charge in [-0.2, -0.15) is 0 Å². The van der Waals surface area contributed by atoms with Crippen molar-refractivity contribution >= 4 is 23.8 Å². The molecule has 0 aliphatic heterocycles. The number of hydrogen-bond donors (Lipinski definition) is 1. The van der Waals surface area contributed by atoms with Crippen LogP contribution in [0.3, 0.4) is 0 Å². The molecule has 0 heterocycles. The second-order valence-electron chi connectivity index (χ2n) is 5.55. The fourth-order valence-corrected chi connectivity index (χ4v) is 2.41. The number of carboxylic acid groups (broad SMARTS) is 1. The van der Waals surface area contributed by atoms with E-state index in [9.17, 15) is 14.5 Å². The van der Waals surface area contributed by atoms with Crippen LogP contribution in [0, 0.1) is 4.91 Å². The Labute approximate surface area is 134 Å². The van der Waals surface area contributed by atoms with Gasteiger partial charge in [0.1, 0.15) is 0 Å². The zero-order valence-electron chi connectivity index (χ0n) is 12.7. The van der Waals surface area contributed by atoms with Crippen molar-refractivity contribution in [3.05, 3.63) is 40.8 Å². The molecular weight excluding hydrogens is 304 g/mol. The van der Waals surface area contributed by atoms with Crippen molar-refractivity contribution < 1.29 is 14.7 Å². The summed E-state index contributed by atoms with van der Waals surface area (Å²) in [6.07, 6.45) is -0.263. The van der Waals surface area contributed by atoms with Crippen molar-refractivity contribution in [3.8, 4) is 0 Å². The standard InChI is InChI=1S/C15H20N2O4S/c1-15(2,22-16-21)11-17(13(18)8-9-14(19)20)10-12-6-4-3-5-7-12/h3-7H,8-11H2,1-2H3,(H,19,20). The van der Waals surface area contributed by atoms with E-state index < -0.39 is 10.7 Å². The summed E-state index contributed by atoms with van der Waals surface area (Å²) in [5.74, 6) is -1.25. The van der Waals surface area contributed by atoms with Crippen LogP contribution in [0.1, 0.15) is 32.3 Å². The number of rotatable bonds is 9. The Hall–Kier alpha value is -1.89. The maximum atomic E-state index is 12.3. The molecule has 0 aliphatic carbocycles. The summed E-state index contributed by atoms with van der Waals surface area (Å²) in [4.78, 5) is 35.0. The van der Waals surface area contributed by atoms with E-state index in [1.54, 1.807) is 4.90 Å². The van der Waals surface area contributed by atoms with Crippen LogP contribution in [-0.2, 0) is 16.1 Å². The van der Waals surface area contributed by atoms with Crippen LogP contribution < -0.4 is 0 Å². The number of carboxylic acids is 1. The van der Waals surface area contributed by atoms with E-state index in [1.165, 1.54) is 0 Å². The number of nitrogens with zero attached hydrogens (tertiary/aromatic N) is 2. The highest BCUT2D eigenvalue weighted by Gasteiger charge is 2.26. The first-order valence-electron chi connectivity index (χ1n) is 6.88. The monoisotopic (exact) mass is 324 g/mol. The molecule has 0 aliphatic rings. The second kappa shape index (κ2) is 8.53. The summed E-state index contributed by atoms with van der Waals surface area (Å²) in [5, 5.41) is 8.72. The SMILES string of the molecule is CC(C)(CN(Cc1ccccc1)C(=O)CCC(=O)O)SN=O. The number of benzene rings is 1. The Balaban J connectivity index is 2.82. The molecule has 0 saturated carbocycles. The molecule has 0 radical (unpaired) electrons. The maximum Gasteiger partial charge on any atom is 0.303 e. The number of aliphatic carboxylic acids is 1. The molecular formula is C15H20N2O4S. The van der Waals surface area contributed by atoms with E-state index in [0.717, 1.165) is 17.5 Å². The lowest BCUT2D eigenvalue weighted by atomic mass is 10.1. The largest absolute Gasteiger partial charge is 0.481 e. The molecule has 0 atom stereocenters. The molecule has 120 valence electrons. The minimum atomic E-state index is -1.00. The average molecular weight is 324 g/mol. The fourth-order valence-electron chi connectivity index (χ4n) is 2.00. The first-order valence-corrected chi connectivity index (χ1v) is 7.66. The predicted molar refractivity (Wildman–Crippen MR) is 86.2 cm³/mol. The van der Waals surface area contributed by atoms with E-state index in [2.05, 4.69) is 4.58 Å². The van der Waals surface area contributed by atoms with Gasteiger partial charge in [-0.1, -0.05) is 30.3 Å². The topological polar surface area (TPSA) is 87.0 Å². The van der Waals surface area contributed by atoms with Crippen LogP contribution in [0.4, 0.5) is 0 Å². The van der Waals surface area contributed by atoms with Gasteiger partial charge in [0.05, 0.1) is 11.2 Å². The molecule has 0 spiro atoms. The number of amides is 1. The highest BCUT2D eigenvalue weighted by Crippen LogP contribution is 2.27. The Morgan fingerprint density at radius 2 is 1.86 bits per heavy atom. The minimum Gasteiger partial charge on any atom is -0.481 e. The van der Waals surface area contributed by atoms with Crippen LogP contribution in [0.15, 0.2) is 34.9 Å². The molecule has 6 nitrogen and oxygen atoms in total. The smallest absolute Gasteiger partial charge is 0.303 e. The molecule has 1 N–H and O–H groups in total. The van der Waals surface area contributed by atoms with Gasteiger partial charge in [-0.3, -0.25) is 9.59 Å². The molecule has 0 unspecified atom stereocenters. The number of carbonyl (C=O) groups excluding carboxylic acids is 1. The minimum absolute atomic E-state index is 0.0581. The van der Waals surface area contributed by atoms with Gasteiger partial charge in [-0.15, -0.1) is 4.91 Å². The summed E-state index contributed by atoms with van der Waals surface area (Å²) >= 11 is 0.873. The van der Waals surface area contributed by atoms with Gasteiger partial charge in [0.15, 0.2) is 0 Å². The van der Waals surface area contributed by atoms with Gasteiger partial charge in [-0.05, 0) is 19.4 Å². The molecule has 0 aromatic heterocycles. The zero-order chi connectivity index (χ0) is 16.6. The molecule has 0 saturated heterocycles. The van der Waals surface area contributed by atoms with Gasteiger partial charge in [0.25, 0.3) is 0 Å². The van der Waals surface area contributed by atoms with E-state index in [-0.39, 0.29) is 18.7 Å². The van der Waals surface area contributed by atoms with E-state index in [4.69, 9.17) is 5.11 Å². The van der Waals surface area contributed by atoms with Crippen molar-refractivity contribution in [3.63, 3.8) is 0 Å². The van der Waals surface area contributed by atoms with Gasteiger partial charge < -0.3 is 10.0 Å². The van der Waals surface area contributed by atoms with Gasteiger partial charge in [-0.25, -0.2) is 0 Å². The summed E-state index contributed by atoms with van der Waals surface area (Å²) in [6.45, 7) is 4.34. The predicted octanol–water partition coefficient (Wildman–Crippen LogP) is 3.07. The first-order chi connectivity index (χ1) is 10.3. The highest BCUT2D eigenvalue weighted by atomic mass is 32.2. The normalized spacial score (nSPS) is 11.0. The molecule has 1 amide bonds. The van der Waals surface area contributed by atoms with Crippen molar-refractivity contribution in [2.75, 3.05) is 6.54 Å². The third-order valence-corrected chi connectivity index (χ3v) is 3.68. The van der Waals surface area contributed by atoms with Crippen molar-refractivity contribution in [2.45, 2.75) is 38.0 Å². The number of hydrogen-bond acceptors (Lipinski definition) is 5. The van der Waals surface area contributed by atoms with Crippen LogP contribution >= 0.6 is 11.9 Å². The fraction of sp³-hybridized carbons (Fsp3) is 0.467. The lowest BCUT2D eigenvalue weighted by Crippen LogP contribution is -2.40. The molecule has 1 aromatic carbocycles. The average Bonchev–Trinajstić information content (AvgIpc) is 2.44. The number of nitroso groups, excluding NO2 is 1. The quantitative estimate of drug-likeness (QED) is 0.557. The molecule has 0 bridgehead atoms. The van der Waals surface area contributed by atoms with Crippen LogP contribution in [-0.4, -0.2) is 33.2 Å². The van der Waals surface area contributed by atoms with Gasteiger partial charge in [0.2, 0.25) is 5.91 Å². The number of carbonyl (C=O) groups is 2. The summed E-state index contributed by atoms with van der Waals surface area (Å²) in [5.41, 5.74) is 0.950. The van der Waals surface area contributed by atoms with Crippen LogP contribution in [0.2, 0.25) is 0 Å². The second-order valence-corrected chi connectivity index (χ2v) is 6.99. The zero-order valence-corrected chi connectivity index (χ0v) is 13.5. The Bertz CT molecular complexity index is 520. The molecule has 7 heteroatoms. The Kier molecular flexibility index (Phi) is 7.04. The van der Waals surface area contributed by atoms with E-state index >= 15 is 0 Å². The van der Waals surface area contributed by atoms with Crippen LogP contribution in [0.5, 0.6) is 0 Å². The molecule has 1 aromatic rings. The lowest BCUT2D eigenvalue weighted by molar-refractivity contribution is -0.141. The first kappa shape index (κ1) is 18.2. The molecule has 1 rings (SSSR count). The Morgan fingerprint density at radius 1 is 1.23 bits per heavy atom. The molecule has 22 heavy (non-hydrogen) atoms. The summed E-state index contributed by atoms with van der Waals surface area (Å²) < 4.78 is 2.30.